The van der Waals surface area contributed by atoms with Crippen molar-refractivity contribution in [3.63, 3.8) is 0 Å². The van der Waals surface area contributed by atoms with Gasteiger partial charge in [-0.1, -0.05) is 39.0 Å². The Hall–Kier alpha value is -0.380. The number of carbonyl (C=O) groups is 1. The summed E-state index contributed by atoms with van der Waals surface area (Å²) in [4.78, 5) is 15.5. The van der Waals surface area contributed by atoms with Crippen molar-refractivity contribution in [1.82, 2.24) is 9.80 Å². The molecule has 1 heterocycles. The minimum atomic E-state index is 0.201. The second-order valence-corrected chi connectivity index (χ2v) is 5.40. The molecule has 1 aliphatic rings. The van der Waals surface area contributed by atoms with E-state index in [0.29, 0.717) is 0 Å². The van der Waals surface area contributed by atoms with Gasteiger partial charge in [-0.3, -0.25) is 0 Å². The van der Waals surface area contributed by atoms with Crippen LogP contribution in [-0.4, -0.2) is 41.2 Å². The molecule has 0 atom stereocenters. The maximum Gasteiger partial charge on any atom is 0.321 e. The summed E-state index contributed by atoms with van der Waals surface area (Å²) >= 11 is 1.82. The molecule has 0 aromatic rings. The summed E-state index contributed by atoms with van der Waals surface area (Å²) in [6.07, 6.45) is 7.73. The van der Waals surface area contributed by atoms with Gasteiger partial charge < -0.3 is 9.80 Å². The highest BCUT2D eigenvalue weighted by Gasteiger charge is 2.21. The number of nitrogens with zero attached hydrogens (tertiary/aromatic N) is 2. The quantitative estimate of drug-likeness (QED) is 0.641. The molecule has 0 radical (unpaired) electrons. The van der Waals surface area contributed by atoms with Crippen molar-refractivity contribution in [3.8, 4) is 0 Å². The van der Waals surface area contributed by atoms with Crippen LogP contribution in [0.25, 0.3) is 0 Å². The number of rotatable bonds is 7. The van der Waals surface area contributed by atoms with E-state index in [4.69, 9.17) is 0 Å². The fraction of sp³-hybridized carbons (Fsp3) is 0.917. The minimum absolute atomic E-state index is 0.201. The van der Waals surface area contributed by atoms with Gasteiger partial charge in [-0.2, -0.15) is 0 Å². The lowest BCUT2D eigenvalue weighted by molar-refractivity contribution is 0.172. The Morgan fingerprint density at radius 2 is 1.81 bits per heavy atom. The normalized spacial score (nSPS) is 17.0. The average Bonchev–Trinajstić information content (AvgIpc) is 2.29. The molecule has 0 unspecified atom stereocenters. The maximum atomic E-state index is 11.7. The van der Waals surface area contributed by atoms with E-state index in [2.05, 4.69) is 6.92 Å². The lowest BCUT2D eigenvalue weighted by Gasteiger charge is -2.32. The third-order valence-electron chi connectivity index (χ3n) is 2.91. The first-order valence-corrected chi connectivity index (χ1v) is 7.49. The van der Waals surface area contributed by atoms with E-state index in [9.17, 15) is 4.79 Å². The highest BCUT2D eigenvalue weighted by molar-refractivity contribution is 7.99. The molecule has 1 rings (SSSR count). The number of amides is 2. The predicted molar refractivity (Wildman–Crippen MR) is 70.6 cm³/mol. The Balaban J connectivity index is 2.05. The summed E-state index contributed by atoms with van der Waals surface area (Å²) in [5.74, 6) is 1.71. The highest BCUT2D eigenvalue weighted by Crippen LogP contribution is 2.16. The number of hydrogen-bond acceptors (Lipinski definition) is 2. The molecule has 1 saturated heterocycles. The van der Waals surface area contributed by atoms with Gasteiger partial charge in [-0.05, 0) is 6.42 Å². The molecule has 0 saturated carbocycles. The van der Waals surface area contributed by atoms with Crippen molar-refractivity contribution in [3.05, 3.63) is 0 Å². The third-order valence-corrected chi connectivity index (χ3v) is 3.97. The van der Waals surface area contributed by atoms with E-state index >= 15 is 0 Å². The minimum Gasteiger partial charge on any atom is -0.318 e. The molecule has 2 amide bonds. The molecule has 0 spiro atoms. The van der Waals surface area contributed by atoms with E-state index in [0.717, 1.165) is 24.7 Å². The molecule has 1 aliphatic heterocycles. The van der Waals surface area contributed by atoms with Crippen LogP contribution in [0, 0.1) is 0 Å². The summed E-state index contributed by atoms with van der Waals surface area (Å²) < 4.78 is 0. The standard InChI is InChI=1S/C12H24N2OS/c1-3-4-5-6-7-8-9-14-11-16-10-13(2)12(14)15/h3-11H2,1-2H3. The number of carbonyl (C=O) groups excluding carboxylic acids is 1. The summed E-state index contributed by atoms with van der Waals surface area (Å²) in [5.41, 5.74) is 0. The zero-order valence-electron chi connectivity index (χ0n) is 10.6. The van der Waals surface area contributed by atoms with Gasteiger partial charge in [-0.25, -0.2) is 4.79 Å². The molecule has 94 valence electrons. The Morgan fingerprint density at radius 3 is 2.56 bits per heavy atom. The van der Waals surface area contributed by atoms with E-state index in [-0.39, 0.29) is 6.03 Å². The zero-order valence-corrected chi connectivity index (χ0v) is 11.4. The van der Waals surface area contributed by atoms with Gasteiger partial charge in [0.15, 0.2) is 0 Å². The highest BCUT2D eigenvalue weighted by atomic mass is 32.2. The van der Waals surface area contributed by atoms with Crippen LogP contribution in [0.5, 0.6) is 0 Å². The molecule has 3 nitrogen and oxygen atoms in total. The fourth-order valence-corrected chi connectivity index (χ4v) is 2.81. The average molecular weight is 244 g/mol. The van der Waals surface area contributed by atoms with Crippen LogP contribution in [0.2, 0.25) is 0 Å². The van der Waals surface area contributed by atoms with E-state index in [1.165, 1.54) is 32.1 Å². The van der Waals surface area contributed by atoms with Crippen molar-refractivity contribution in [2.24, 2.45) is 0 Å². The summed E-state index contributed by atoms with van der Waals surface area (Å²) in [5, 5.41) is 0. The zero-order chi connectivity index (χ0) is 11.8. The SMILES string of the molecule is CCCCCCCCN1CSCN(C)C1=O. The molecule has 0 N–H and O–H groups in total. The van der Waals surface area contributed by atoms with Crippen LogP contribution >= 0.6 is 11.8 Å². The summed E-state index contributed by atoms with van der Waals surface area (Å²) in [7, 11) is 1.88. The van der Waals surface area contributed by atoms with Gasteiger partial charge in [0.1, 0.15) is 0 Å². The molecular weight excluding hydrogens is 220 g/mol. The molecular formula is C12H24N2OS. The number of hydrogen-bond donors (Lipinski definition) is 0. The molecule has 0 aromatic carbocycles. The molecule has 4 heteroatoms. The van der Waals surface area contributed by atoms with Gasteiger partial charge in [-0.15, -0.1) is 11.8 Å². The van der Waals surface area contributed by atoms with Crippen LogP contribution in [0.4, 0.5) is 4.79 Å². The Bertz CT molecular complexity index is 211. The summed E-state index contributed by atoms with van der Waals surface area (Å²) in [6, 6.07) is 0.201. The first kappa shape index (κ1) is 13.7. The van der Waals surface area contributed by atoms with E-state index < -0.39 is 0 Å². The van der Waals surface area contributed by atoms with Crippen molar-refractivity contribution in [2.45, 2.75) is 45.4 Å². The van der Waals surface area contributed by atoms with E-state index in [1.807, 2.05) is 23.7 Å². The Labute approximate surface area is 104 Å². The second-order valence-electron chi connectivity index (χ2n) is 4.47. The van der Waals surface area contributed by atoms with Crippen LogP contribution in [0.1, 0.15) is 45.4 Å². The smallest absolute Gasteiger partial charge is 0.318 e. The maximum absolute atomic E-state index is 11.7. The van der Waals surface area contributed by atoms with Crippen molar-refractivity contribution in [2.75, 3.05) is 25.3 Å². The van der Waals surface area contributed by atoms with Gasteiger partial charge in [0.05, 0.1) is 11.8 Å². The summed E-state index contributed by atoms with van der Waals surface area (Å²) in [6.45, 7) is 3.17. The molecule has 0 bridgehead atoms. The van der Waals surface area contributed by atoms with Crippen molar-refractivity contribution in [1.29, 1.82) is 0 Å². The van der Waals surface area contributed by atoms with Crippen LogP contribution in [0.15, 0.2) is 0 Å². The van der Waals surface area contributed by atoms with Crippen LogP contribution in [-0.2, 0) is 0 Å². The number of thioether (sulfide) groups is 1. The largest absolute Gasteiger partial charge is 0.321 e. The van der Waals surface area contributed by atoms with Crippen molar-refractivity contribution < 1.29 is 4.79 Å². The predicted octanol–water partition coefficient (Wildman–Crippen LogP) is 3.36. The molecule has 0 aliphatic carbocycles. The van der Waals surface area contributed by atoms with Crippen LogP contribution < -0.4 is 0 Å². The topological polar surface area (TPSA) is 23.6 Å². The monoisotopic (exact) mass is 244 g/mol. The Kier molecular flexibility index (Phi) is 6.69. The molecule has 0 aromatic heterocycles. The van der Waals surface area contributed by atoms with Gasteiger partial charge in [0.2, 0.25) is 0 Å². The van der Waals surface area contributed by atoms with Gasteiger partial charge >= 0.3 is 6.03 Å². The third kappa shape index (κ3) is 4.64. The number of unbranched alkanes of at least 4 members (excludes halogenated alkanes) is 5. The first-order valence-electron chi connectivity index (χ1n) is 6.33. The fourth-order valence-electron chi connectivity index (χ4n) is 1.88. The Morgan fingerprint density at radius 1 is 1.12 bits per heavy atom. The first-order chi connectivity index (χ1) is 7.75. The lowest BCUT2D eigenvalue weighted by atomic mass is 10.1. The van der Waals surface area contributed by atoms with E-state index in [1.54, 1.807) is 4.90 Å². The molecule has 1 fully saturated rings. The molecule has 16 heavy (non-hydrogen) atoms. The second kappa shape index (κ2) is 7.82. The lowest BCUT2D eigenvalue weighted by Crippen LogP contribution is -2.45. The number of urea groups is 1. The van der Waals surface area contributed by atoms with Crippen LogP contribution in [0.3, 0.4) is 0 Å². The van der Waals surface area contributed by atoms with Gasteiger partial charge in [0, 0.05) is 13.6 Å². The van der Waals surface area contributed by atoms with Gasteiger partial charge in [0.25, 0.3) is 0 Å². The van der Waals surface area contributed by atoms with Crippen molar-refractivity contribution >= 4 is 17.8 Å².